The monoisotopic (exact) mass is 398 g/mol. The number of aliphatic carboxylic acids is 1. The Hall–Kier alpha value is -3.55. The minimum absolute atomic E-state index is 0.00539. The molecule has 3 rings (SSSR count). The Morgan fingerprint density at radius 3 is 2.59 bits per heavy atom. The van der Waals surface area contributed by atoms with Gasteiger partial charge in [0.25, 0.3) is 0 Å². The number of carbonyl (C=O) groups excluding carboxylic acids is 2. The maximum atomic E-state index is 13.0. The second kappa shape index (κ2) is 8.64. The molecule has 1 aliphatic heterocycles. The van der Waals surface area contributed by atoms with E-state index in [2.05, 4.69) is 10.6 Å². The number of rotatable bonds is 7. The number of hydrogen-bond acceptors (Lipinski definition) is 5. The summed E-state index contributed by atoms with van der Waals surface area (Å²) in [4.78, 5) is 36.4. The third-order valence-electron chi connectivity index (χ3n) is 4.82. The number of carbonyl (C=O) groups is 3. The molecule has 0 saturated carbocycles. The number of carboxylic acids is 1. The summed E-state index contributed by atoms with van der Waals surface area (Å²) in [6.45, 7) is 0. The van der Waals surface area contributed by atoms with Crippen LogP contribution >= 0.6 is 0 Å². The molecule has 0 bridgehead atoms. The number of anilines is 1. The van der Waals surface area contributed by atoms with Crippen molar-refractivity contribution in [2.24, 2.45) is 0 Å². The molecular weight excluding hydrogens is 376 g/mol. The Bertz CT molecular complexity index is 943. The number of hydrogen-bond donors (Lipinski definition) is 3. The molecular formula is C21H22N2O6. The smallest absolute Gasteiger partial charge is 0.305 e. The molecule has 152 valence electrons. The molecule has 29 heavy (non-hydrogen) atoms. The Morgan fingerprint density at radius 2 is 1.90 bits per heavy atom. The van der Waals surface area contributed by atoms with E-state index in [0.717, 1.165) is 0 Å². The van der Waals surface area contributed by atoms with E-state index in [4.69, 9.17) is 9.47 Å². The number of nitrogens with one attached hydrogen (secondary N) is 2. The summed E-state index contributed by atoms with van der Waals surface area (Å²) in [7, 11) is 2.98. The van der Waals surface area contributed by atoms with Crippen molar-refractivity contribution in [2.45, 2.75) is 24.8 Å². The van der Waals surface area contributed by atoms with Gasteiger partial charge in [0, 0.05) is 12.1 Å². The highest BCUT2D eigenvalue weighted by molar-refractivity contribution is 6.01. The molecule has 2 aromatic carbocycles. The van der Waals surface area contributed by atoms with Crippen LogP contribution < -0.4 is 20.1 Å². The van der Waals surface area contributed by atoms with Crippen molar-refractivity contribution < 1.29 is 29.0 Å². The average molecular weight is 398 g/mol. The summed E-state index contributed by atoms with van der Waals surface area (Å²) >= 11 is 0. The normalized spacial score (nSPS) is 16.2. The van der Waals surface area contributed by atoms with Crippen LogP contribution in [0, 0.1) is 0 Å². The number of ether oxygens (including phenoxy) is 2. The van der Waals surface area contributed by atoms with Crippen LogP contribution in [0.3, 0.4) is 0 Å². The largest absolute Gasteiger partial charge is 0.493 e. The summed E-state index contributed by atoms with van der Waals surface area (Å²) in [5, 5.41) is 14.9. The fourth-order valence-electron chi connectivity index (χ4n) is 3.41. The number of methoxy groups -OCH3 is 2. The van der Waals surface area contributed by atoms with Crippen LogP contribution in [0.2, 0.25) is 0 Å². The standard InChI is InChI=1S/C21H22N2O6/c1-28-17-8-7-12(9-18(17)29-2)16(11-20(25)26)23-21(27)14-10-19(24)22-15-6-4-3-5-13(14)15/h3-9,14,16H,10-11H2,1-2H3,(H,22,24)(H,23,27)(H,25,26)/t14-,16-/m1/s1. The lowest BCUT2D eigenvalue weighted by atomic mass is 9.89. The van der Waals surface area contributed by atoms with Gasteiger partial charge in [-0.15, -0.1) is 0 Å². The molecule has 2 atom stereocenters. The van der Waals surface area contributed by atoms with E-state index in [-0.39, 0.29) is 18.7 Å². The lowest BCUT2D eigenvalue weighted by molar-refractivity contribution is -0.138. The van der Waals surface area contributed by atoms with Gasteiger partial charge in [-0.2, -0.15) is 0 Å². The molecule has 1 aliphatic rings. The number of fused-ring (bicyclic) bond motifs is 1. The van der Waals surface area contributed by atoms with E-state index in [9.17, 15) is 19.5 Å². The molecule has 2 amide bonds. The maximum absolute atomic E-state index is 13.0. The minimum Gasteiger partial charge on any atom is -0.493 e. The third-order valence-corrected chi connectivity index (χ3v) is 4.82. The Labute approximate surface area is 167 Å². The van der Waals surface area contributed by atoms with Crippen molar-refractivity contribution in [3.63, 3.8) is 0 Å². The molecule has 3 N–H and O–H groups in total. The van der Waals surface area contributed by atoms with Gasteiger partial charge in [-0.25, -0.2) is 0 Å². The van der Waals surface area contributed by atoms with Gasteiger partial charge in [0.15, 0.2) is 11.5 Å². The van der Waals surface area contributed by atoms with E-state index in [1.165, 1.54) is 14.2 Å². The van der Waals surface area contributed by atoms with Crippen molar-refractivity contribution in [1.29, 1.82) is 0 Å². The van der Waals surface area contributed by atoms with Crippen molar-refractivity contribution in [1.82, 2.24) is 5.32 Å². The van der Waals surface area contributed by atoms with Gasteiger partial charge < -0.3 is 25.2 Å². The zero-order chi connectivity index (χ0) is 21.0. The maximum Gasteiger partial charge on any atom is 0.305 e. The SMILES string of the molecule is COc1ccc([C@@H](CC(=O)O)NC(=O)[C@@H]2CC(=O)Nc3ccccc32)cc1OC. The summed E-state index contributed by atoms with van der Waals surface area (Å²) in [6.07, 6.45) is -0.323. The minimum atomic E-state index is -1.06. The molecule has 1 heterocycles. The average Bonchev–Trinajstić information content (AvgIpc) is 2.71. The predicted molar refractivity (Wildman–Crippen MR) is 105 cm³/mol. The van der Waals surface area contributed by atoms with Crippen molar-refractivity contribution in [3.05, 3.63) is 53.6 Å². The molecule has 8 nitrogen and oxygen atoms in total. The highest BCUT2D eigenvalue weighted by Gasteiger charge is 2.32. The van der Waals surface area contributed by atoms with Gasteiger partial charge in [0.05, 0.1) is 32.6 Å². The first kappa shape index (κ1) is 20.2. The second-order valence-corrected chi connectivity index (χ2v) is 6.67. The topological polar surface area (TPSA) is 114 Å². The molecule has 0 unspecified atom stereocenters. The van der Waals surface area contributed by atoms with Crippen LogP contribution in [0.15, 0.2) is 42.5 Å². The van der Waals surface area contributed by atoms with Crippen LogP contribution in [0.25, 0.3) is 0 Å². The molecule has 0 saturated heterocycles. The van der Waals surface area contributed by atoms with Crippen molar-refractivity contribution in [2.75, 3.05) is 19.5 Å². The molecule has 0 spiro atoms. The first-order chi connectivity index (χ1) is 13.9. The number of para-hydroxylation sites is 1. The lowest BCUT2D eigenvalue weighted by Crippen LogP contribution is -2.37. The summed E-state index contributed by atoms with van der Waals surface area (Å²) in [6, 6.07) is 11.2. The van der Waals surface area contributed by atoms with Crippen LogP contribution in [0.5, 0.6) is 11.5 Å². The van der Waals surface area contributed by atoms with Gasteiger partial charge in [0.2, 0.25) is 11.8 Å². The van der Waals surface area contributed by atoms with E-state index in [1.807, 2.05) is 0 Å². The molecule has 0 aromatic heterocycles. The van der Waals surface area contributed by atoms with Crippen molar-refractivity contribution in [3.8, 4) is 11.5 Å². The van der Waals surface area contributed by atoms with E-state index in [0.29, 0.717) is 28.3 Å². The Balaban J connectivity index is 1.89. The second-order valence-electron chi connectivity index (χ2n) is 6.67. The molecule has 0 fully saturated rings. The molecule has 8 heteroatoms. The molecule has 0 aliphatic carbocycles. The van der Waals surface area contributed by atoms with Crippen LogP contribution in [0.4, 0.5) is 5.69 Å². The Kier molecular flexibility index (Phi) is 6.01. The van der Waals surface area contributed by atoms with E-state index >= 15 is 0 Å². The molecule has 0 radical (unpaired) electrons. The summed E-state index contributed by atoms with van der Waals surface area (Å²) in [5.74, 6) is -1.51. The van der Waals surface area contributed by atoms with Crippen LogP contribution in [-0.4, -0.2) is 37.1 Å². The predicted octanol–water partition coefficient (Wildman–Crippen LogP) is 2.46. The lowest BCUT2D eigenvalue weighted by Gasteiger charge is -2.27. The quantitative estimate of drug-likeness (QED) is 0.660. The number of carboxylic acid groups (broad SMARTS) is 1. The third kappa shape index (κ3) is 4.48. The van der Waals surface area contributed by atoms with E-state index in [1.54, 1.807) is 42.5 Å². The number of benzene rings is 2. The van der Waals surface area contributed by atoms with Gasteiger partial charge in [-0.05, 0) is 29.3 Å². The van der Waals surface area contributed by atoms with Crippen LogP contribution in [0.1, 0.15) is 35.9 Å². The van der Waals surface area contributed by atoms with Gasteiger partial charge in [-0.3, -0.25) is 14.4 Å². The zero-order valence-electron chi connectivity index (χ0n) is 16.1. The highest BCUT2D eigenvalue weighted by atomic mass is 16.5. The number of amides is 2. The fraction of sp³-hybridized carbons (Fsp3) is 0.286. The van der Waals surface area contributed by atoms with Gasteiger partial charge in [-0.1, -0.05) is 24.3 Å². The van der Waals surface area contributed by atoms with Crippen LogP contribution in [-0.2, 0) is 14.4 Å². The summed E-state index contributed by atoms with van der Waals surface area (Å²) < 4.78 is 10.5. The first-order valence-electron chi connectivity index (χ1n) is 9.05. The molecule has 2 aromatic rings. The van der Waals surface area contributed by atoms with E-state index < -0.39 is 23.8 Å². The highest BCUT2D eigenvalue weighted by Crippen LogP contribution is 2.34. The fourth-order valence-corrected chi connectivity index (χ4v) is 3.41. The Morgan fingerprint density at radius 1 is 1.17 bits per heavy atom. The van der Waals surface area contributed by atoms with Gasteiger partial charge in [0.1, 0.15) is 0 Å². The van der Waals surface area contributed by atoms with Gasteiger partial charge >= 0.3 is 5.97 Å². The first-order valence-corrected chi connectivity index (χ1v) is 9.05. The van der Waals surface area contributed by atoms with Crippen molar-refractivity contribution >= 4 is 23.5 Å². The summed E-state index contributed by atoms with van der Waals surface area (Å²) in [5.41, 5.74) is 1.85. The zero-order valence-corrected chi connectivity index (χ0v) is 16.1.